The molecule has 0 aliphatic carbocycles. The van der Waals surface area contributed by atoms with Gasteiger partial charge in [0.25, 0.3) is 0 Å². The number of allylic oxidation sites excluding steroid dienone is 1. The van der Waals surface area contributed by atoms with E-state index in [9.17, 15) is 9.18 Å². The number of nitrogens with zero attached hydrogens (tertiary/aromatic N) is 7. The number of hydrogen-bond donors (Lipinski definition) is 0. The number of carbonyl (C=O) groups excluding carboxylic acids is 1. The van der Waals surface area contributed by atoms with Gasteiger partial charge in [-0.1, -0.05) is 41.9 Å². The minimum absolute atomic E-state index is 0.0320. The van der Waals surface area contributed by atoms with Crippen LogP contribution in [0.5, 0.6) is 6.01 Å². The number of pyridine rings is 1. The highest BCUT2D eigenvalue weighted by Gasteiger charge is 2.49. The van der Waals surface area contributed by atoms with Gasteiger partial charge in [-0.2, -0.15) is 9.97 Å². The Morgan fingerprint density at radius 3 is 2.69 bits per heavy atom. The van der Waals surface area contributed by atoms with Crippen molar-refractivity contribution in [2.45, 2.75) is 57.7 Å². The number of hydrogen-bond acceptors (Lipinski definition) is 9. The van der Waals surface area contributed by atoms with Gasteiger partial charge >= 0.3 is 6.01 Å². The van der Waals surface area contributed by atoms with Gasteiger partial charge in [0.15, 0.2) is 11.6 Å². The molecule has 9 nitrogen and oxygen atoms in total. The summed E-state index contributed by atoms with van der Waals surface area (Å²) >= 11 is 6.62. The van der Waals surface area contributed by atoms with E-state index in [2.05, 4.69) is 24.8 Å². The average molecular weight is 710 g/mol. The molecule has 3 aliphatic heterocycles. The van der Waals surface area contributed by atoms with Crippen molar-refractivity contribution < 1.29 is 18.3 Å². The summed E-state index contributed by atoms with van der Waals surface area (Å²) in [7, 11) is 0. The van der Waals surface area contributed by atoms with Gasteiger partial charge in [-0.05, 0) is 75.7 Å². The van der Waals surface area contributed by atoms with E-state index in [1.807, 2.05) is 49.1 Å². The predicted octanol–water partition coefficient (Wildman–Crippen LogP) is 7.50. The summed E-state index contributed by atoms with van der Waals surface area (Å²) in [5.74, 6) is 0.405. The first-order valence-electron chi connectivity index (χ1n) is 17.5. The Morgan fingerprint density at radius 2 is 1.88 bits per heavy atom. The van der Waals surface area contributed by atoms with Crippen LogP contribution in [0.25, 0.3) is 39.0 Å². The highest BCUT2D eigenvalue weighted by atomic mass is 35.5. The van der Waals surface area contributed by atoms with Crippen molar-refractivity contribution in [2.75, 3.05) is 37.7 Å². The molecule has 2 aromatic carbocycles. The van der Waals surface area contributed by atoms with Crippen molar-refractivity contribution in [2.24, 2.45) is 5.92 Å². The van der Waals surface area contributed by atoms with E-state index in [0.29, 0.717) is 77.6 Å². The maximum Gasteiger partial charge on any atom is 0.319 e. The molecule has 5 aromatic rings. The second-order valence-corrected chi connectivity index (χ2v) is 14.4. The van der Waals surface area contributed by atoms with Gasteiger partial charge in [0, 0.05) is 59.8 Å². The van der Waals surface area contributed by atoms with E-state index < -0.39 is 17.5 Å². The van der Waals surface area contributed by atoms with E-state index in [4.69, 9.17) is 21.3 Å². The Bertz CT molecular complexity index is 2170. The van der Waals surface area contributed by atoms with E-state index in [0.717, 1.165) is 30.5 Å². The van der Waals surface area contributed by atoms with Crippen molar-refractivity contribution in [3.8, 4) is 17.3 Å². The Hall–Kier alpha value is -4.61. The number of rotatable bonds is 8. The molecule has 8 rings (SSSR count). The van der Waals surface area contributed by atoms with E-state index in [-0.39, 0.29) is 35.5 Å². The molecule has 0 radical (unpaired) electrons. The van der Waals surface area contributed by atoms with Gasteiger partial charge in [0.2, 0.25) is 0 Å². The molecule has 0 spiro atoms. The largest absolute Gasteiger partial charge is 0.461 e. The van der Waals surface area contributed by atoms with Crippen LogP contribution in [-0.4, -0.2) is 80.1 Å². The van der Waals surface area contributed by atoms with Crippen LogP contribution in [0, 0.1) is 25.6 Å². The van der Waals surface area contributed by atoms with Gasteiger partial charge in [0.1, 0.15) is 35.6 Å². The highest BCUT2D eigenvalue weighted by Crippen LogP contribution is 2.41. The molecule has 0 saturated carbocycles. The Labute approximate surface area is 299 Å². The molecular weight excluding hydrogens is 672 g/mol. The number of piperidine rings is 1. The number of aryl methyl sites for hydroxylation is 2. The summed E-state index contributed by atoms with van der Waals surface area (Å²) in [6, 6.07) is 13.0. The number of alkyl halides is 1. The fourth-order valence-electron chi connectivity index (χ4n) is 8.17. The molecule has 2 atom stereocenters. The third-order valence-electron chi connectivity index (χ3n) is 10.6. The van der Waals surface area contributed by atoms with Crippen LogP contribution in [0.15, 0.2) is 54.7 Å². The van der Waals surface area contributed by atoms with Crippen LogP contribution in [0.1, 0.15) is 49.3 Å². The van der Waals surface area contributed by atoms with E-state index in [1.165, 1.54) is 0 Å². The zero-order valence-electron chi connectivity index (χ0n) is 28.6. The third-order valence-corrected chi connectivity index (χ3v) is 10.9. The molecule has 3 saturated heterocycles. The van der Waals surface area contributed by atoms with Gasteiger partial charge in [-0.15, -0.1) is 0 Å². The summed E-state index contributed by atoms with van der Waals surface area (Å²) in [5, 5.41) is 2.51. The number of carbonyl (C=O) groups is 1. The van der Waals surface area contributed by atoms with Crippen molar-refractivity contribution >= 4 is 51.0 Å². The third kappa shape index (κ3) is 6.42. The fourth-order valence-corrected chi connectivity index (χ4v) is 8.45. The molecule has 3 aliphatic rings. The van der Waals surface area contributed by atoms with Crippen molar-refractivity contribution in [3.63, 3.8) is 0 Å². The summed E-state index contributed by atoms with van der Waals surface area (Å²) in [5.41, 5.74) is 1.88. The molecule has 0 amide bonds. The molecule has 3 aromatic heterocycles. The number of fused-ring (bicyclic) bond motifs is 3. The van der Waals surface area contributed by atoms with Gasteiger partial charge < -0.3 is 9.64 Å². The zero-order valence-corrected chi connectivity index (χ0v) is 29.3. The molecule has 6 heterocycles. The zero-order chi connectivity index (χ0) is 35.3. The second kappa shape index (κ2) is 13.5. The van der Waals surface area contributed by atoms with Crippen molar-refractivity contribution in [1.82, 2.24) is 29.8 Å². The molecule has 0 N–H and O–H groups in total. The van der Waals surface area contributed by atoms with E-state index >= 15 is 4.39 Å². The SMILES string of the molecule is Cc1cc(/C=C/C(=O)C2CCN(c3nc(OC[C@@]45CCCN4C[C@H](F)C5)nc4c(F)c(-c5cccc6cccc(Cl)c56)ncc34)CC2)nc(C)n1. The lowest BCUT2D eigenvalue weighted by atomic mass is 9.92. The van der Waals surface area contributed by atoms with Crippen LogP contribution >= 0.6 is 11.6 Å². The first-order chi connectivity index (χ1) is 24.7. The number of aromatic nitrogens is 5. The highest BCUT2D eigenvalue weighted by molar-refractivity contribution is 6.36. The smallest absolute Gasteiger partial charge is 0.319 e. The van der Waals surface area contributed by atoms with Crippen LogP contribution in [0.2, 0.25) is 5.02 Å². The van der Waals surface area contributed by atoms with Gasteiger partial charge in [-0.25, -0.2) is 18.7 Å². The number of halogens is 3. The lowest BCUT2D eigenvalue weighted by Crippen LogP contribution is -2.43. The number of ether oxygens (including phenoxy) is 1. The fraction of sp³-hybridized carbons (Fsp3) is 0.385. The molecule has 0 bridgehead atoms. The molecule has 51 heavy (non-hydrogen) atoms. The predicted molar refractivity (Wildman–Crippen MR) is 194 cm³/mol. The lowest BCUT2D eigenvalue weighted by Gasteiger charge is -2.33. The quantitative estimate of drug-likeness (QED) is 0.152. The summed E-state index contributed by atoms with van der Waals surface area (Å²) in [4.78, 5) is 40.2. The number of ketones is 1. The van der Waals surface area contributed by atoms with Crippen LogP contribution < -0.4 is 9.64 Å². The van der Waals surface area contributed by atoms with Crippen molar-refractivity contribution in [3.05, 3.63) is 82.8 Å². The topological polar surface area (TPSA) is 97.2 Å². The summed E-state index contributed by atoms with van der Waals surface area (Å²) in [6.07, 6.45) is 7.41. The number of anilines is 1. The summed E-state index contributed by atoms with van der Waals surface area (Å²) < 4.78 is 37.6. The molecular formula is C39H38ClF2N7O2. The molecule has 0 unspecified atom stereocenters. The van der Waals surface area contributed by atoms with Crippen molar-refractivity contribution in [1.29, 1.82) is 0 Å². The standard InChI is InChI=1S/C39H38ClF2N7O2/c1-23-18-28(45-24(2)44-23)10-11-32(50)25-12-16-48(17-13-25)37-30-20-43-35(29-8-3-6-26-7-4-9-31(40)33(26)29)34(42)36(30)46-38(47-37)51-22-39-14-5-15-49(39)21-27(41)19-39/h3-4,6-11,18,20,25,27H,5,12-17,19,21-22H2,1-2H3/b11-10+/t27-,39+/m1/s1. The average Bonchev–Trinajstić information content (AvgIpc) is 3.65. The van der Waals surface area contributed by atoms with Crippen LogP contribution in [0.3, 0.4) is 0 Å². The number of benzene rings is 2. The summed E-state index contributed by atoms with van der Waals surface area (Å²) in [6.45, 7) is 6.20. The Morgan fingerprint density at radius 1 is 1.08 bits per heavy atom. The second-order valence-electron chi connectivity index (χ2n) is 14.0. The molecule has 3 fully saturated rings. The maximum absolute atomic E-state index is 16.8. The monoisotopic (exact) mass is 709 g/mol. The minimum atomic E-state index is -0.909. The molecule has 12 heteroatoms. The first-order valence-corrected chi connectivity index (χ1v) is 17.9. The molecule has 262 valence electrons. The van der Waals surface area contributed by atoms with E-state index in [1.54, 1.807) is 30.5 Å². The van der Waals surface area contributed by atoms with Gasteiger partial charge in [0.05, 0.1) is 16.6 Å². The Balaban J connectivity index is 1.12. The van der Waals surface area contributed by atoms with Crippen LogP contribution in [0.4, 0.5) is 14.6 Å². The van der Waals surface area contributed by atoms with Crippen LogP contribution in [-0.2, 0) is 4.79 Å². The van der Waals surface area contributed by atoms with Gasteiger partial charge in [-0.3, -0.25) is 14.7 Å². The lowest BCUT2D eigenvalue weighted by molar-refractivity contribution is -0.118. The minimum Gasteiger partial charge on any atom is -0.461 e. The maximum atomic E-state index is 16.8. The Kier molecular flexibility index (Phi) is 8.88. The first kappa shape index (κ1) is 33.5. The normalized spacial score (nSPS) is 21.3.